The van der Waals surface area contributed by atoms with E-state index in [0.717, 1.165) is 10.7 Å². The van der Waals surface area contributed by atoms with Crippen LogP contribution in [0.2, 0.25) is 5.02 Å². The second-order valence-corrected chi connectivity index (χ2v) is 4.36. The lowest BCUT2D eigenvalue weighted by Crippen LogP contribution is -2.11. The van der Waals surface area contributed by atoms with Crippen molar-refractivity contribution in [2.75, 3.05) is 0 Å². The Morgan fingerprint density at radius 2 is 2.05 bits per heavy atom. The van der Waals surface area contributed by atoms with Crippen LogP contribution in [0.15, 0.2) is 24.4 Å². The van der Waals surface area contributed by atoms with Crippen molar-refractivity contribution >= 4 is 11.6 Å². The first-order valence-corrected chi connectivity index (χ1v) is 5.64. The predicted octanol–water partition coefficient (Wildman–Crippen LogP) is 2.99. The van der Waals surface area contributed by atoms with Crippen molar-refractivity contribution in [3.05, 3.63) is 40.7 Å². The molecule has 1 aromatic heterocycles. The summed E-state index contributed by atoms with van der Waals surface area (Å²) in [6, 6.07) is 3.35. The summed E-state index contributed by atoms with van der Waals surface area (Å²) in [6.45, 7) is 1.45. The van der Waals surface area contributed by atoms with E-state index >= 15 is 0 Å². The maximum absolute atomic E-state index is 12.9. The molecule has 2 aromatic rings. The minimum Gasteiger partial charge on any atom is -0.387 e. The zero-order valence-corrected chi connectivity index (χ0v) is 10.4. The molecule has 0 fully saturated rings. The summed E-state index contributed by atoms with van der Waals surface area (Å²) in [6.07, 6.45) is -4.23. The molecule has 1 aromatic carbocycles. The molecule has 1 heterocycles. The Labute approximate surface area is 111 Å². The Hall–Kier alpha value is -1.60. The summed E-state index contributed by atoms with van der Waals surface area (Å²) < 4.78 is 39.7. The van der Waals surface area contributed by atoms with Crippen LogP contribution in [0.4, 0.5) is 13.2 Å². The van der Waals surface area contributed by atoms with Crippen LogP contribution in [-0.4, -0.2) is 20.1 Å². The first-order valence-electron chi connectivity index (χ1n) is 5.26. The molecule has 0 spiro atoms. The second kappa shape index (κ2) is 4.82. The SMILES string of the molecule is CC(O)c1cn(-c2ccc(Cl)cc2C(F)(F)F)nn1. The molecule has 0 aliphatic heterocycles. The van der Waals surface area contributed by atoms with Gasteiger partial charge in [-0.3, -0.25) is 0 Å². The number of hydrogen-bond acceptors (Lipinski definition) is 3. The fourth-order valence-electron chi connectivity index (χ4n) is 1.52. The molecule has 19 heavy (non-hydrogen) atoms. The highest BCUT2D eigenvalue weighted by Gasteiger charge is 2.34. The number of benzene rings is 1. The number of hydrogen-bond donors (Lipinski definition) is 1. The van der Waals surface area contributed by atoms with E-state index in [0.29, 0.717) is 0 Å². The molecule has 8 heteroatoms. The van der Waals surface area contributed by atoms with Gasteiger partial charge in [-0.25, -0.2) is 4.68 Å². The van der Waals surface area contributed by atoms with Gasteiger partial charge >= 0.3 is 6.18 Å². The average Bonchev–Trinajstić information content (AvgIpc) is 2.77. The standard InChI is InChI=1S/C11H9ClF3N3O/c1-6(19)9-5-18(17-16-9)10-3-2-7(12)4-8(10)11(13,14)15/h2-6,19H,1H3. The summed E-state index contributed by atoms with van der Waals surface area (Å²) >= 11 is 5.58. The van der Waals surface area contributed by atoms with Crippen LogP contribution in [0.25, 0.3) is 5.69 Å². The zero-order chi connectivity index (χ0) is 14.2. The van der Waals surface area contributed by atoms with E-state index in [4.69, 9.17) is 11.6 Å². The Balaban J connectivity index is 2.55. The highest BCUT2D eigenvalue weighted by molar-refractivity contribution is 6.30. The van der Waals surface area contributed by atoms with Crippen molar-refractivity contribution in [2.24, 2.45) is 0 Å². The van der Waals surface area contributed by atoms with E-state index in [2.05, 4.69) is 10.3 Å². The Bertz CT molecular complexity index is 595. The number of aliphatic hydroxyl groups is 1. The summed E-state index contributed by atoms with van der Waals surface area (Å²) in [5, 5.41) is 16.5. The number of aromatic nitrogens is 3. The van der Waals surface area contributed by atoms with Crippen molar-refractivity contribution in [2.45, 2.75) is 19.2 Å². The van der Waals surface area contributed by atoms with E-state index in [9.17, 15) is 18.3 Å². The van der Waals surface area contributed by atoms with Crippen molar-refractivity contribution in [3.63, 3.8) is 0 Å². The maximum Gasteiger partial charge on any atom is 0.418 e. The summed E-state index contributed by atoms with van der Waals surface area (Å²) in [7, 11) is 0. The number of nitrogens with zero attached hydrogens (tertiary/aromatic N) is 3. The van der Waals surface area contributed by atoms with Gasteiger partial charge < -0.3 is 5.11 Å². The summed E-state index contributed by atoms with van der Waals surface area (Å²) in [4.78, 5) is 0. The van der Waals surface area contributed by atoms with E-state index in [1.165, 1.54) is 25.3 Å². The first-order chi connectivity index (χ1) is 8.79. The third kappa shape index (κ3) is 2.87. The molecule has 0 bridgehead atoms. The maximum atomic E-state index is 12.9. The molecule has 0 aliphatic carbocycles. The molecule has 0 saturated heterocycles. The molecular formula is C11H9ClF3N3O. The largest absolute Gasteiger partial charge is 0.418 e. The Morgan fingerprint density at radius 1 is 1.37 bits per heavy atom. The molecule has 0 aliphatic rings. The quantitative estimate of drug-likeness (QED) is 0.925. The van der Waals surface area contributed by atoms with Crippen molar-refractivity contribution < 1.29 is 18.3 Å². The van der Waals surface area contributed by atoms with Gasteiger partial charge in [0, 0.05) is 5.02 Å². The number of aliphatic hydroxyl groups excluding tert-OH is 1. The minimum atomic E-state index is -4.56. The fraction of sp³-hybridized carbons (Fsp3) is 0.273. The van der Waals surface area contributed by atoms with Crippen molar-refractivity contribution in [1.29, 1.82) is 0 Å². The van der Waals surface area contributed by atoms with Gasteiger partial charge in [0.15, 0.2) is 0 Å². The molecule has 102 valence electrons. The van der Waals surface area contributed by atoms with E-state index in [1.54, 1.807) is 0 Å². The summed E-state index contributed by atoms with van der Waals surface area (Å²) in [5.41, 5.74) is -0.929. The van der Waals surface area contributed by atoms with E-state index < -0.39 is 17.8 Å². The van der Waals surface area contributed by atoms with Crippen LogP contribution in [0.5, 0.6) is 0 Å². The Morgan fingerprint density at radius 3 is 2.58 bits per heavy atom. The molecule has 1 atom stereocenters. The molecule has 0 saturated carbocycles. The molecule has 1 N–H and O–H groups in total. The van der Waals surface area contributed by atoms with Gasteiger partial charge in [0.1, 0.15) is 5.69 Å². The van der Waals surface area contributed by atoms with Gasteiger partial charge in [-0.1, -0.05) is 16.8 Å². The van der Waals surface area contributed by atoms with Crippen molar-refractivity contribution in [1.82, 2.24) is 15.0 Å². The number of alkyl halides is 3. The number of rotatable bonds is 2. The van der Waals surface area contributed by atoms with Crippen LogP contribution in [0, 0.1) is 0 Å². The molecular weight excluding hydrogens is 283 g/mol. The van der Waals surface area contributed by atoms with Gasteiger partial charge in [0.25, 0.3) is 0 Å². The third-order valence-electron chi connectivity index (χ3n) is 2.45. The van der Waals surface area contributed by atoms with Gasteiger partial charge in [-0.2, -0.15) is 13.2 Å². The lowest BCUT2D eigenvalue weighted by molar-refractivity contribution is -0.137. The topological polar surface area (TPSA) is 50.9 Å². The molecule has 0 amide bonds. The second-order valence-electron chi connectivity index (χ2n) is 3.92. The van der Waals surface area contributed by atoms with Gasteiger partial charge in [-0.05, 0) is 25.1 Å². The molecule has 2 rings (SSSR count). The monoisotopic (exact) mass is 291 g/mol. The number of halogens is 4. The van der Waals surface area contributed by atoms with Gasteiger partial charge in [-0.15, -0.1) is 5.10 Å². The smallest absolute Gasteiger partial charge is 0.387 e. The van der Waals surface area contributed by atoms with Crippen LogP contribution in [0.3, 0.4) is 0 Å². The van der Waals surface area contributed by atoms with Crippen LogP contribution < -0.4 is 0 Å². The lowest BCUT2D eigenvalue weighted by atomic mass is 10.1. The lowest BCUT2D eigenvalue weighted by Gasteiger charge is -2.12. The summed E-state index contributed by atoms with van der Waals surface area (Å²) in [5.74, 6) is 0. The average molecular weight is 292 g/mol. The predicted molar refractivity (Wildman–Crippen MR) is 62.0 cm³/mol. The van der Waals surface area contributed by atoms with Crippen LogP contribution >= 0.6 is 11.6 Å². The molecule has 4 nitrogen and oxygen atoms in total. The van der Waals surface area contributed by atoms with Crippen LogP contribution in [0.1, 0.15) is 24.3 Å². The first kappa shape index (κ1) is 13.8. The highest BCUT2D eigenvalue weighted by Crippen LogP contribution is 2.35. The van der Waals surface area contributed by atoms with Crippen LogP contribution in [-0.2, 0) is 6.18 Å². The fourth-order valence-corrected chi connectivity index (χ4v) is 1.69. The highest BCUT2D eigenvalue weighted by atomic mass is 35.5. The van der Waals surface area contributed by atoms with E-state index in [1.807, 2.05) is 0 Å². The third-order valence-corrected chi connectivity index (χ3v) is 2.69. The van der Waals surface area contributed by atoms with E-state index in [-0.39, 0.29) is 16.4 Å². The zero-order valence-electron chi connectivity index (χ0n) is 9.69. The normalized spacial score (nSPS) is 13.6. The molecule has 1 unspecified atom stereocenters. The van der Waals surface area contributed by atoms with Crippen molar-refractivity contribution in [3.8, 4) is 5.69 Å². The van der Waals surface area contributed by atoms with Gasteiger partial charge in [0.2, 0.25) is 0 Å². The van der Waals surface area contributed by atoms with Gasteiger partial charge in [0.05, 0.1) is 23.6 Å². The Kier molecular flexibility index (Phi) is 3.51. The minimum absolute atomic E-state index is 0.0214. The molecule has 0 radical (unpaired) electrons.